The molecule has 1 amide bonds. The normalized spacial score (nSPS) is 14.2. The molecule has 8 nitrogen and oxygen atoms in total. The smallest absolute Gasteiger partial charge is 0.251 e. The molecule has 5 rings (SSSR count). The third-order valence-corrected chi connectivity index (χ3v) is 6.12. The third kappa shape index (κ3) is 5.67. The number of rotatable bonds is 8. The monoisotopic (exact) mass is 470 g/mol. The fourth-order valence-corrected chi connectivity index (χ4v) is 4.25. The Hall–Kier alpha value is -3.75. The lowest BCUT2D eigenvalue weighted by molar-refractivity contribution is 0.0374. The highest BCUT2D eigenvalue weighted by Gasteiger charge is 2.12. The highest BCUT2D eigenvalue weighted by Crippen LogP contribution is 2.23. The number of nitrogens with zero attached hydrogens (tertiary/aromatic N) is 4. The molecule has 0 atom stereocenters. The van der Waals surface area contributed by atoms with E-state index in [-0.39, 0.29) is 5.91 Å². The molecule has 0 unspecified atom stereocenters. The van der Waals surface area contributed by atoms with Crippen LogP contribution < -0.4 is 10.6 Å². The van der Waals surface area contributed by atoms with Crippen LogP contribution in [0.25, 0.3) is 16.9 Å². The molecule has 2 N–H and O–H groups in total. The van der Waals surface area contributed by atoms with E-state index in [0.717, 1.165) is 61.9 Å². The number of benzene rings is 2. The largest absolute Gasteiger partial charge is 0.379 e. The summed E-state index contributed by atoms with van der Waals surface area (Å²) in [7, 11) is 0. The van der Waals surface area contributed by atoms with Gasteiger partial charge < -0.3 is 15.4 Å². The summed E-state index contributed by atoms with van der Waals surface area (Å²) < 4.78 is 7.21. The van der Waals surface area contributed by atoms with Crippen LogP contribution in [0.3, 0.4) is 0 Å². The quantitative estimate of drug-likeness (QED) is 0.380. The van der Waals surface area contributed by atoms with Gasteiger partial charge in [-0.05, 0) is 62.4 Å². The molecule has 0 saturated carbocycles. The van der Waals surface area contributed by atoms with Gasteiger partial charge in [0.2, 0.25) is 5.95 Å². The number of carbonyl (C=O) groups is 1. The number of aromatic nitrogens is 3. The van der Waals surface area contributed by atoms with Crippen molar-refractivity contribution in [2.45, 2.75) is 13.3 Å². The lowest BCUT2D eigenvalue weighted by Crippen LogP contribution is -2.38. The minimum Gasteiger partial charge on any atom is -0.379 e. The van der Waals surface area contributed by atoms with Crippen LogP contribution in [-0.4, -0.2) is 64.8 Å². The Bertz CT molecular complexity index is 1290. The molecule has 4 aromatic rings. The first kappa shape index (κ1) is 23.0. The zero-order valence-corrected chi connectivity index (χ0v) is 19.9. The molecule has 1 fully saturated rings. The van der Waals surface area contributed by atoms with E-state index in [9.17, 15) is 4.79 Å². The van der Waals surface area contributed by atoms with Crippen LogP contribution in [0.15, 0.2) is 66.7 Å². The molecule has 2 aromatic heterocycles. The van der Waals surface area contributed by atoms with Crippen molar-refractivity contribution in [2.24, 2.45) is 0 Å². The van der Waals surface area contributed by atoms with Crippen molar-refractivity contribution in [3.63, 3.8) is 0 Å². The van der Waals surface area contributed by atoms with Gasteiger partial charge in [0, 0.05) is 36.4 Å². The summed E-state index contributed by atoms with van der Waals surface area (Å²) in [5.41, 5.74) is 5.48. The molecule has 0 aliphatic carbocycles. The molecule has 1 saturated heterocycles. The number of pyridine rings is 1. The van der Waals surface area contributed by atoms with Gasteiger partial charge in [-0.25, -0.2) is 4.52 Å². The third-order valence-electron chi connectivity index (χ3n) is 6.12. The van der Waals surface area contributed by atoms with Crippen molar-refractivity contribution in [1.29, 1.82) is 0 Å². The highest BCUT2D eigenvalue weighted by molar-refractivity contribution is 5.94. The fourth-order valence-electron chi connectivity index (χ4n) is 4.25. The SMILES string of the molecule is Cc1cccc(-c2cccc3nc(Nc4ccc(C(=O)NCCCN5CCOCC5)cc4)nn23)c1. The zero-order valence-electron chi connectivity index (χ0n) is 19.9. The zero-order chi connectivity index (χ0) is 24.0. The molecule has 0 spiro atoms. The second-order valence-corrected chi connectivity index (χ2v) is 8.75. The minimum atomic E-state index is -0.0628. The van der Waals surface area contributed by atoms with Crippen LogP contribution in [-0.2, 0) is 4.74 Å². The number of amides is 1. The predicted octanol–water partition coefficient (Wildman–Crippen LogP) is 3.90. The maximum Gasteiger partial charge on any atom is 0.251 e. The second-order valence-electron chi connectivity index (χ2n) is 8.75. The predicted molar refractivity (Wildman–Crippen MR) is 137 cm³/mol. The van der Waals surface area contributed by atoms with Crippen LogP contribution in [0.1, 0.15) is 22.3 Å². The van der Waals surface area contributed by atoms with Gasteiger partial charge in [0.1, 0.15) is 0 Å². The topological polar surface area (TPSA) is 83.8 Å². The molecule has 1 aliphatic heterocycles. The van der Waals surface area contributed by atoms with Crippen LogP contribution >= 0.6 is 0 Å². The van der Waals surface area contributed by atoms with E-state index in [4.69, 9.17) is 4.74 Å². The average molecular weight is 471 g/mol. The fraction of sp³-hybridized carbons (Fsp3) is 0.296. The molecular formula is C27H30N6O2. The highest BCUT2D eigenvalue weighted by atomic mass is 16.5. The molecule has 2 aromatic carbocycles. The van der Waals surface area contributed by atoms with E-state index >= 15 is 0 Å². The summed E-state index contributed by atoms with van der Waals surface area (Å²) >= 11 is 0. The van der Waals surface area contributed by atoms with Crippen LogP contribution in [0.5, 0.6) is 0 Å². The van der Waals surface area contributed by atoms with E-state index in [2.05, 4.69) is 50.7 Å². The van der Waals surface area contributed by atoms with Crippen LogP contribution in [0, 0.1) is 6.92 Å². The Morgan fingerprint density at radius 2 is 1.83 bits per heavy atom. The number of ether oxygens (including phenoxy) is 1. The van der Waals surface area contributed by atoms with Gasteiger partial charge in [0.15, 0.2) is 5.65 Å². The molecule has 35 heavy (non-hydrogen) atoms. The minimum absolute atomic E-state index is 0.0628. The van der Waals surface area contributed by atoms with Crippen molar-refractivity contribution in [1.82, 2.24) is 24.8 Å². The standard InChI is InChI=1S/C27H30N6O2/c1-20-5-2-6-22(19-20)24-7-3-8-25-30-27(31-33(24)25)29-23-11-9-21(10-12-23)26(34)28-13-4-14-32-15-17-35-18-16-32/h2-3,5-12,19H,4,13-18H2,1H3,(H,28,34)(H,29,31). The van der Waals surface area contributed by atoms with Gasteiger partial charge in [-0.2, -0.15) is 4.98 Å². The van der Waals surface area contributed by atoms with E-state index in [0.29, 0.717) is 18.1 Å². The summed E-state index contributed by atoms with van der Waals surface area (Å²) in [6.07, 6.45) is 0.926. The molecule has 180 valence electrons. The van der Waals surface area contributed by atoms with Gasteiger partial charge >= 0.3 is 0 Å². The number of aryl methyl sites for hydroxylation is 1. The number of anilines is 2. The van der Waals surface area contributed by atoms with E-state index in [1.807, 2.05) is 53.0 Å². The first-order valence-corrected chi connectivity index (χ1v) is 12.0. The second kappa shape index (κ2) is 10.7. The molecule has 8 heteroatoms. The Balaban J connectivity index is 1.19. The maximum absolute atomic E-state index is 12.5. The van der Waals surface area contributed by atoms with Gasteiger partial charge in [-0.15, -0.1) is 5.10 Å². The summed E-state index contributed by atoms with van der Waals surface area (Å²) in [4.78, 5) is 19.5. The Labute approximate surface area is 204 Å². The maximum atomic E-state index is 12.5. The van der Waals surface area contributed by atoms with E-state index in [1.165, 1.54) is 5.56 Å². The molecular weight excluding hydrogens is 440 g/mol. The Morgan fingerprint density at radius 1 is 1.03 bits per heavy atom. The summed E-state index contributed by atoms with van der Waals surface area (Å²) in [6, 6.07) is 21.7. The van der Waals surface area contributed by atoms with Crippen LogP contribution in [0.2, 0.25) is 0 Å². The van der Waals surface area contributed by atoms with Crippen molar-refractivity contribution in [3.05, 3.63) is 77.9 Å². The number of hydrogen-bond acceptors (Lipinski definition) is 6. The number of carbonyl (C=O) groups excluding carboxylic acids is 1. The van der Waals surface area contributed by atoms with Gasteiger partial charge in [-0.1, -0.05) is 29.8 Å². The lowest BCUT2D eigenvalue weighted by Gasteiger charge is -2.26. The molecule has 0 radical (unpaired) electrons. The first-order valence-electron chi connectivity index (χ1n) is 12.0. The number of nitrogens with one attached hydrogen (secondary N) is 2. The number of morpholine rings is 1. The van der Waals surface area contributed by atoms with Crippen molar-refractivity contribution < 1.29 is 9.53 Å². The first-order chi connectivity index (χ1) is 17.2. The van der Waals surface area contributed by atoms with Gasteiger partial charge in [0.05, 0.1) is 18.9 Å². The summed E-state index contributed by atoms with van der Waals surface area (Å²) in [5, 5.41) is 10.9. The lowest BCUT2D eigenvalue weighted by atomic mass is 10.1. The van der Waals surface area contributed by atoms with Crippen LogP contribution in [0.4, 0.5) is 11.6 Å². The van der Waals surface area contributed by atoms with E-state index in [1.54, 1.807) is 0 Å². The average Bonchev–Trinajstić information content (AvgIpc) is 3.30. The van der Waals surface area contributed by atoms with Gasteiger partial charge in [0.25, 0.3) is 5.91 Å². The number of fused-ring (bicyclic) bond motifs is 1. The number of hydrogen-bond donors (Lipinski definition) is 2. The van der Waals surface area contributed by atoms with Crippen molar-refractivity contribution in [3.8, 4) is 11.3 Å². The Kier molecular flexibility index (Phi) is 7.02. The Morgan fingerprint density at radius 3 is 2.63 bits per heavy atom. The molecule has 3 heterocycles. The van der Waals surface area contributed by atoms with E-state index < -0.39 is 0 Å². The molecule has 1 aliphatic rings. The molecule has 0 bridgehead atoms. The van der Waals surface area contributed by atoms with Gasteiger partial charge in [-0.3, -0.25) is 9.69 Å². The van der Waals surface area contributed by atoms with Crippen molar-refractivity contribution >= 4 is 23.2 Å². The summed E-state index contributed by atoms with van der Waals surface area (Å²) in [6.45, 7) is 7.24. The summed E-state index contributed by atoms with van der Waals surface area (Å²) in [5.74, 6) is 0.442. The van der Waals surface area contributed by atoms with Crippen molar-refractivity contribution in [2.75, 3.05) is 44.7 Å².